The lowest BCUT2D eigenvalue weighted by Crippen LogP contribution is -2.39. The van der Waals surface area contributed by atoms with E-state index >= 15 is 0 Å². The number of aliphatic hydroxyl groups is 1. The molecule has 2 N–H and O–H groups in total. The molecule has 1 heterocycles. The normalized spacial score (nSPS) is 18.4. The van der Waals surface area contributed by atoms with E-state index in [1.165, 1.54) is 18.2 Å². The van der Waals surface area contributed by atoms with Gasteiger partial charge in [0, 0.05) is 19.0 Å². The summed E-state index contributed by atoms with van der Waals surface area (Å²) in [5.41, 5.74) is 2.18. The van der Waals surface area contributed by atoms with Gasteiger partial charge in [-0.2, -0.15) is 0 Å². The molecule has 180 valence electrons. The number of aryl methyl sites for hydroxylation is 1. The number of ether oxygens (including phenoxy) is 1. The van der Waals surface area contributed by atoms with Crippen molar-refractivity contribution in [1.82, 2.24) is 4.90 Å². The molecule has 1 fully saturated rings. The zero-order valence-corrected chi connectivity index (χ0v) is 19.4. The first kappa shape index (κ1) is 25.6. The lowest BCUT2D eigenvalue weighted by molar-refractivity contribution is -0.136. The third-order valence-corrected chi connectivity index (χ3v) is 6.40. The van der Waals surface area contributed by atoms with Crippen LogP contribution in [0.5, 0.6) is 0 Å². The van der Waals surface area contributed by atoms with E-state index in [2.05, 4.69) is 4.90 Å². The Morgan fingerprint density at radius 1 is 1.27 bits per heavy atom. The van der Waals surface area contributed by atoms with Gasteiger partial charge >= 0.3 is 5.97 Å². The van der Waals surface area contributed by atoms with Crippen LogP contribution < -0.4 is 0 Å². The molecule has 3 rings (SSSR count). The van der Waals surface area contributed by atoms with Gasteiger partial charge in [-0.25, -0.2) is 8.78 Å². The zero-order valence-electron chi connectivity index (χ0n) is 18.6. The molecule has 0 aliphatic carbocycles. The van der Waals surface area contributed by atoms with Crippen LogP contribution in [0, 0.1) is 11.6 Å². The minimum absolute atomic E-state index is 0.0537. The number of carboxylic acid groups (broad SMARTS) is 1. The Bertz CT molecular complexity index is 958. The molecular formula is C25H30ClF2NO4. The van der Waals surface area contributed by atoms with Crippen molar-refractivity contribution in [3.8, 4) is 0 Å². The van der Waals surface area contributed by atoms with Crippen molar-refractivity contribution >= 4 is 17.6 Å². The average molecular weight is 482 g/mol. The molecule has 0 saturated carbocycles. The van der Waals surface area contributed by atoms with Crippen molar-refractivity contribution in [2.24, 2.45) is 0 Å². The highest BCUT2D eigenvalue weighted by Gasteiger charge is 2.27. The number of aliphatic hydroxyl groups excluding tert-OH is 1. The molecule has 8 heteroatoms. The number of hydrogen-bond acceptors (Lipinski definition) is 4. The van der Waals surface area contributed by atoms with E-state index in [0.717, 1.165) is 30.5 Å². The maximum absolute atomic E-state index is 13.8. The molecule has 2 aromatic carbocycles. The lowest BCUT2D eigenvalue weighted by Gasteiger charge is -2.27. The van der Waals surface area contributed by atoms with Gasteiger partial charge in [0.05, 0.1) is 23.8 Å². The summed E-state index contributed by atoms with van der Waals surface area (Å²) in [7, 11) is 0. The third-order valence-electron chi connectivity index (χ3n) is 6.09. The van der Waals surface area contributed by atoms with Crippen LogP contribution in [0.2, 0.25) is 5.02 Å². The summed E-state index contributed by atoms with van der Waals surface area (Å²) >= 11 is 5.77. The summed E-state index contributed by atoms with van der Waals surface area (Å²) in [5, 5.41) is 19.6. The van der Waals surface area contributed by atoms with Crippen molar-refractivity contribution in [3.05, 3.63) is 69.7 Å². The molecule has 3 atom stereocenters. The summed E-state index contributed by atoms with van der Waals surface area (Å²) in [6, 6.07) is 9.29. The number of carboxylic acids is 1. The van der Waals surface area contributed by atoms with Gasteiger partial charge < -0.3 is 14.9 Å². The molecule has 1 saturated heterocycles. The monoisotopic (exact) mass is 481 g/mol. The molecule has 0 radical (unpaired) electrons. The number of hydrogen-bond donors (Lipinski definition) is 2. The Labute approximate surface area is 197 Å². The van der Waals surface area contributed by atoms with Gasteiger partial charge in [-0.15, -0.1) is 0 Å². The fraction of sp³-hybridized carbons (Fsp3) is 0.480. The zero-order chi connectivity index (χ0) is 24.0. The van der Waals surface area contributed by atoms with Crippen LogP contribution in [0.3, 0.4) is 0 Å². The van der Waals surface area contributed by atoms with Gasteiger partial charge in [0.1, 0.15) is 11.6 Å². The molecule has 0 aromatic heterocycles. The second kappa shape index (κ2) is 11.9. The number of β-amino-alcohol motifs (C(OH)–C–C–N with tert-alkyl or cyclic N) is 1. The van der Waals surface area contributed by atoms with Gasteiger partial charge in [-0.05, 0) is 80.1 Å². The van der Waals surface area contributed by atoms with E-state index in [-0.39, 0.29) is 30.5 Å². The molecule has 1 aliphatic heterocycles. The van der Waals surface area contributed by atoms with Crippen molar-refractivity contribution < 1.29 is 28.5 Å². The van der Waals surface area contributed by atoms with Gasteiger partial charge in [-0.3, -0.25) is 9.69 Å². The van der Waals surface area contributed by atoms with E-state index in [1.54, 1.807) is 19.1 Å². The van der Waals surface area contributed by atoms with Crippen LogP contribution in [0.1, 0.15) is 49.0 Å². The minimum Gasteiger partial charge on any atom is -0.481 e. The van der Waals surface area contributed by atoms with Gasteiger partial charge in [0.15, 0.2) is 0 Å². The predicted octanol–water partition coefficient (Wildman–Crippen LogP) is 4.78. The summed E-state index contributed by atoms with van der Waals surface area (Å²) in [6.45, 7) is 3.09. The number of carbonyl (C=O) groups is 1. The van der Waals surface area contributed by atoms with Gasteiger partial charge in [0.2, 0.25) is 0 Å². The fourth-order valence-corrected chi connectivity index (χ4v) is 4.50. The third kappa shape index (κ3) is 7.47. The first-order chi connectivity index (χ1) is 15.7. The largest absolute Gasteiger partial charge is 0.481 e. The summed E-state index contributed by atoms with van der Waals surface area (Å²) in [4.78, 5) is 13.1. The molecule has 0 bridgehead atoms. The quantitative estimate of drug-likeness (QED) is 0.483. The molecule has 1 aliphatic rings. The average Bonchev–Trinajstić information content (AvgIpc) is 3.19. The van der Waals surface area contributed by atoms with E-state index in [9.17, 15) is 18.7 Å². The molecule has 5 nitrogen and oxygen atoms in total. The molecule has 33 heavy (non-hydrogen) atoms. The minimum atomic E-state index is -0.921. The summed E-state index contributed by atoms with van der Waals surface area (Å²) < 4.78 is 33.4. The van der Waals surface area contributed by atoms with Crippen LogP contribution in [-0.4, -0.2) is 52.9 Å². The highest BCUT2D eigenvalue weighted by atomic mass is 35.5. The smallest absolute Gasteiger partial charge is 0.303 e. The second-order valence-corrected chi connectivity index (χ2v) is 9.02. The number of aliphatic carboxylic acids is 1. The maximum atomic E-state index is 13.8. The van der Waals surface area contributed by atoms with E-state index in [4.69, 9.17) is 21.4 Å². The predicted molar refractivity (Wildman–Crippen MR) is 122 cm³/mol. The first-order valence-electron chi connectivity index (χ1n) is 11.2. The maximum Gasteiger partial charge on any atom is 0.303 e. The molecule has 0 spiro atoms. The summed E-state index contributed by atoms with van der Waals surface area (Å²) in [5.74, 6) is -1.77. The number of rotatable bonds is 11. The standard InChI is InChI=1S/C25H30ClF2NO4/c1-16(22-13-19(27)7-5-18(22)6-9-25(31)32)33-15-21(30)14-29-10-2-3-20(29)11-17-4-8-23(26)24(28)12-17/h4-5,7-8,12-13,16,20-21,30H,2-3,6,9-11,14-15H2,1H3,(H,31,32)/t16-,20+,21+/m1/s1. The van der Waals surface area contributed by atoms with Gasteiger partial charge in [0.25, 0.3) is 0 Å². The van der Waals surface area contributed by atoms with Crippen molar-refractivity contribution in [2.75, 3.05) is 19.7 Å². The SMILES string of the molecule is C[C@@H](OC[C@@H](O)CN1CCC[C@H]1Cc1ccc(Cl)c(F)c1)c1cc(F)ccc1CCC(=O)O. The van der Waals surface area contributed by atoms with Crippen molar-refractivity contribution in [2.45, 2.75) is 57.3 Å². The highest BCUT2D eigenvalue weighted by molar-refractivity contribution is 6.30. The van der Waals surface area contributed by atoms with E-state index in [1.807, 2.05) is 6.07 Å². The molecule has 2 aromatic rings. The van der Waals surface area contributed by atoms with Gasteiger partial charge in [-0.1, -0.05) is 23.7 Å². The van der Waals surface area contributed by atoms with Crippen LogP contribution in [-0.2, 0) is 22.4 Å². The number of halogens is 3. The number of benzene rings is 2. The van der Waals surface area contributed by atoms with E-state index in [0.29, 0.717) is 18.5 Å². The van der Waals surface area contributed by atoms with Crippen molar-refractivity contribution in [3.63, 3.8) is 0 Å². The first-order valence-corrected chi connectivity index (χ1v) is 11.6. The highest BCUT2D eigenvalue weighted by Crippen LogP contribution is 2.26. The topological polar surface area (TPSA) is 70.0 Å². The number of nitrogens with zero attached hydrogens (tertiary/aromatic N) is 1. The molecule has 0 unspecified atom stereocenters. The lowest BCUT2D eigenvalue weighted by atomic mass is 9.99. The van der Waals surface area contributed by atoms with Crippen LogP contribution >= 0.6 is 11.6 Å². The van der Waals surface area contributed by atoms with Crippen LogP contribution in [0.15, 0.2) is 36.4 Å². The van der Waals surface area contributed by atoms with Crippen LogP contribution in [0.4, 0.5) is 8.78 Å². The van der Waals surface area contributed by atoms with Crippen molar-refractivity contribution in [1.29, 1.82) is 0 Å². The Kier molecular flexibility index (Phi) is 9.20. The Hall–Kier alpha value is -2.06. The molecule has 0 amide bonds. The Morgan fingerprint density at radius 2 is 2.06 bits per heavy atom. The number of likely N-dealkylation sites (tertiary alicyclic amines) is 1. The van der Waals surface area contributed by atoms with E-state index < -0.39 is 29.8 Å². The fourth-order valence-electron chi connectivity index (χ4n) is 4.39. The Balaban J connectivity index is 1.54. The molecular weight excluding hydrogens is 452 g/mol. The van der Waals surface area contributed by atoms with Crippen LogP contribution in [0.25, 0.3) is 0 Å². The second-order valence-electron chi connectivity index (χ2n) is 8.61. The summed E-state index contributed by atoms with van der Waals surface area (Å²) in [6.07, 6.45) is 1.63. The Morgan fingerprint density at radius 3 is 2.79 bits per heavy atom.